The van der Waals surface area contributed by atoms with Crippen LogP contribution in [-0.2, 0) is 11.3 Å². The number of nitrogens with one attached hydrogen (secondary N) is 1. The zero-order valence-corrected chi connectivity index (χ0v) is 12.1. The van der Waals surface area contributed by atoms with Crippen molar-refractivity contribution in [3.8, 4) is 5.75 Å². The molecule has 3 heteroatoms. The summed E-state index contributed by atoms with van der Waals surface area (Å²) in [6, 6.07) is 8.15. The maximum Gasteiger partial charge on any atom is 0.124 e. The third kappa shape index (κ3) is 4.99. The van der Waals surface area contributed by atoms with Gasteiger partial charge in [0.05, 0.1) is 6.10 Å². The summed E-state index contributed by atoms with van der Waals surface area (Å²) in [5.74, 6) is 0.939. The molecular weight excluding hydrogens is 250 g/mol. The Morgan fingerprint density at radius 2 is 2.25 bits per heavy atom. The van der Waals surface area contributed by atoms with E-state index in [1.807, 2.05) is 18.2 Å². The Morgan fingerprint density at radius 1 is 1.35 bits per heavy atom. The number of ether oxygens (including phenoxy) is 2. The van der Waals surface area contributed by atoms with Crippen LogP contribution in [-0.4, -0.2) is 25.9 Å². The van der Waals surface area contributed by atoms with E-state index in [2.05, 4.69) is 18.0 Å². The van der Waals surface area contributed by atoms with Gasteiger partial charge < -0.3 is 14.8 Å². The molecule has 0 aromatic heterocycles. The summed E-state index contributed by atoms with van der Waals surface area (Å²) in [4.78, 5) is 0. The molecule has 0 spiro atoms. The highest BCUT2D eigenvalue weighted by atomic mass is 16.5. The van der Waals surface area contributed by atoms with E-state index in [4.69, 9.17) is 9.47 Å². The lowest BCUT2D eigenvalue weighted by Crippen LogP contribution is -2.25. The van der Waals surface area contributed by atoms with Gasteiger partial charge in [-0.25, -0.2) is 0 Å². The van der Waals surface area contributed by atoms with E-state index >= 15 is 0 Å². The summed E-state index contributed by atoms with van der Waals surface area (Å²) in [6.07, 6.45) is 7.05. The average molecular weight is 275 g/mol. The van der Waals surface area contributed by atoms with Crippen molar-refractivity contribution in [2.75, 3.05) is 19.8 Å². The molecule has 1 aliphatic rings. The molecule has 0 aliphatic carbocycles. The van der Waals surface area contributed by atoms with Crippen LogP contribution in [0.15, 0.2) is 36.9 Å². The first-order chi connectivity index (χ1) is 9.90. The fourth-order valence-electron chi connectivity index (χ4n) is 2.46. The van der Waals surface area contributed by atoms with Gasteiger partial charge in [0.25, 0.3) is 0 Å². The summed E-state index contributed by atoms with van der Waals surface area (Å²) in [6.45, 7) is 6.98. The fraction of sp³-hybridized carbons (Fsp3) is 0.529. The van der Waals surface area contributed by atoms with Gasteiger partial charge in [-0.05, 0) is 38.3 Å². The van der Waals surface area contributed by atoms with Crippen molar-refractivity contribution in [3.05, 3.63) is 42.5 Å². The van der Waals surface area contributed by atoms with E-state index in [0.717, 1.165) is 31.9 Å². The molecule has 1 aromatic rings. The summed E-state index contributed by atoms with van der Waals surface area (Å²) >= 11 is 0. The third-order valence-corrected chi connectivity index (χ3v) is 3.56. The molecule has 2 rings (SSSR count). The largest absolute Gasteiger partial charge is 0.489 e. The van der Waals surface area contributed by atoms with Gasteiger partial charge in [-0.3, -0.25) is 0 Å². The Hall–Kier alpha value is -1.32. The standard InChI is InChI=1S/C17H25NO2/c1-2-12-20-17-9-4-3-7-15(17)14-18-11-10-16-8-5-6-13-19-16/h2-4,7,9,16,18H,1,5-6,8,10-14H2. The van der Waals surface area contributed by atoms with Crippen LogP contribution in [0.1, 0.15) is 31.2 Å². The quantitative estimate of drug-likeness (QED) is 0.583. The highest BCUT2D eigenvalue weighted by Gasteiger charge is 2.12. The average Bonchev–Trinajstić information content (AvgIpc) is 2.51. The SMILES string of the molecule is C=CCOc1ccccc1CNCCC1CCCCO1. The molecule has 110 valence electrons. The normalized spacial score (nSPS) is 18.7. The Morgan fingerprint density at radius 3 is 3.05 bits per heavy atom. The summed E-state index contributed by atoms with van der Waals surface area (Å²) in [7, 11) is 0. The molecule has 1 N–H and O–H groups in total. The predicted octanol–water partition coefficient (Wildman–Crippen LogP) is 3.30. The first-order valence-corrected chi connectivity index (χ1v) is 7.54. The predicted molar refractivity (Wildman–Crippen MR) is 82.0 cm³/mol. The van der Waals surface area contributed by atoms with Crippen LogP contribution in [0.4, 0.5) is 0 Å². The van der Waals surface area contributed by atoms with Gasteiger partial charge >= 0.3 is 0 Å². The monoisotopic (exact) mass is 275 g/mol. The van der Waals surface area contributed by atoms with Gasteiger partial charge in [-0.15, -0.1) is 0 Å². The van der Waals surface area contributed by atoms with E-state index < -0.39 is 0 Å². The Labute approximate surface area is 122 Å². The summed E-state index contributed by atoms with van der Waals surface area (Å²) < 4.78 is 11.4. The van der Waals surface area contributed by atoms with Crippen LogP contribution in [0.2, 0.25) is 0 Å². The van der Waals surface area contributed by atoms with Crippen LogP contribution in [0.3, 0.4) is 0 Å². The summed E-state index contributed by atoms with van der Waals surface area (Å²) in [5.41, 5.74) is 1.19. The number of para-hydroxylation sites is 1. The molecule has 0 saturated carbocycles. The van der Waals surface area contributed by atoms with E-state index in [9.17, 15) is 0 Å². The molecule has 1 heterocycles. The maximum atomic E-state index is 5.73. The van der Waals surface area contributed by atoms with Gasteiger partial charge in [-0.1, -0.05) is 30.9 Å². The van der Waals surface area contributed by atoms with Crippen molar-refractivity contribution in [1.29, 1.82) is 0 Å². The Kier molecular flexibility index (Phi) is 6.61. The second-order valence-corrected chi connectivity index (χ2v) is 5.16. The van der Waals surface area contributed by atoms with Crippen molar-refractivity contribution in [1.82, 2.24) is 5.32 Å². The molecule has 1 aliphatic heterocycles. The number of hydrogen-bond donors (Lipinski definition) is 1. The van der Waals surface area contributed by atoms with Gasteiger partial charge in [0.1, 0.15) is 12.4 Å². The maximum absolute atomic E-state index is 5.73. The molecule has 20 heavy (non-hydrogen) atoms. The third-order valence-electron chi connectivity index (χ3n) is 3.56. The minimum Gasteiger partial charge on any atom is -0.489 e. The Balaban J connectivity index is 1.71. The van der Waals surface area contributed by atoms with Crippen molar-refractivity contribution < 1.29 is 9.47 Å². The topological polar surface area (TPSA) is 30.5 Å². The molecule has 1 atom stereocenters. The molecule has 1 aromatic carbocycles. The van der Waals surface area contributed by atoms with Gasteiger partial charge in [0.2, 0.25) is 0 Å². The molecule has 1 unspecified atom stereocenters. The minimum absolute atomic E-state index is 0.448. The van der Waals surface area contributed by atoms with E-state index in [1.165, 1.54) is 24.8 Å². The fourth-order valence-corrected chi connectivity index (χ4v) is 2.46. The van der Waals surface area contributed by atoms with Crippen molar-refractivity contribution in [2.45, 2.75) is 38.3 Å². The van der Waals surface area contributed by atoms with Crippen molar-refractivity contribution in [2.24, 2.45) is 0 Å². The zero-order valence-electron chi connectivity index (χ0n) is 12.1. The molecule has 1 saturated heterocycles. The van der Waals surface area contributed by atoms with Crippen molar-refractivity contribution in [3.63, 3.8) is 0 Å². The zero-order chi connectivity index (χ0) is 14.0. The molecular formula is C17H25NO2. The first-order valence-electron chi connectivity index (χ1n) is 7.54. The molecule has 1 fully saturated rings. The van der Waals surface area contributed by atoms with E-state index in [1.54, 1.807) is 6.08 Å². The molecule has 0 bridgehead atoms. The lowest BCUT2D eigenvalue weighted by Gasteiger charge is -2.22. The molecule has 0 radical (unpaired) electrons. The second-order valence-electron chi connectivity index (χ2n) is 5.16. The highest BCUT2D eigenvalue weighted by Crippen LogP contribution is 2.18. The summed E-state index contributed by atoms with van der Waals surface area (Å²) in [5, 5.41) is 3.48. The number of benzene rings is 1. The van der Waals surface area contributed by atoms with Crippen molar-refractivity contribution >= 4 is 0 Å². The van der Waals surface area contributed by atoms with Crippen LogP contribution < -0.4 is 10.1 Å². The van der Waals surface area contributed by atoms with E-state index in [-0.39, 0.29) is 0 Å². The molecule has 0 amide bonds. The lowest BCUT2D eigenvalue weighted by atomic mass is 10.1. The Bertz CT molecular complexity index is 400. The second kappa shape index (κ2) is 8.77. The first kappa shape index (κ1) is 15.1. The van der Waals surface area contributed by atoms with Crippen LogP contribution in [0.5, 0.6) is 5.75 Å². The van der Waals surface area contributed by atoms with Crippen LogP contribution in [0.25, 0.3) is 0 Å². The number of hydrogen-bond acceptors (Lipinski definition) is 3. The minimum atomic E-state index is 0.448. The smallest absolute Gasteiger partial charge is 0.124 e. The number of rotatable bonds is 8. The molecule has 3 nitrogen and oxygen atoms in total. The highest BCUT2D eigenvalue weighted by molar-refractivity contribution is 5.33. The van der Waals surface area contributed by atoms with Gasteiger partial charge in [-0.2, -0.15) is 0 Å². The van der Waals surface area contributed by atoms with Gasteiger partial charge in [0, 0.05) is 18.7 Å². The lowest BCUT2D eigenvalue weighted by molar-refractivity contribution is 0.0115. The van der Waals surface area contributed by atoms with Crippen LogP contribution in [0, 0.1) is 0 Å². The van der Waals surface area contributed by atoms with E-state index in [0.29, 0.717) is 12.7 Å². The van der Waals surface area contributed by atoms with Crippen LogP contribution >= 0.6 is 0 Å². The van der Waals surface area contributed by atoms with Gasteiger partial charge in [0.15, 0.2) is 0 Å².